The standard InChI is InChI=1S/C22H28N6O/c1-15(29)28-10-9-21(24-11-16-3-4-16)20(14-28)22(23)26-19-7-5-17(6-8-19)18-12-25-27(2)13-18/h5-8,12-13,16,24H,3-4,9-11,14H2,1-2H3,(H2,23,26). The minimum atomic E-state index is 0.0670. The van der Waals surface area contributed by atoms with E-state index in [1.54, 1.807) is 11.6 Å². The molecule has 4 rings (SSSR count). The summed E-state index contributed by atoms with van der Waals surface area (Å²) in [5.41, 5.74) is 11.4. The van der Waals surface area contributed by atoms with Crippen molar-refractivity contribution in [1.29, 1.82) is 0 Å². The average molecular weight is 393 g/mol. The third-order valence-electron chi connectivity index (χ3n) is 5.56. The van der Waals surface area contributed by atoms with E-state index < -0.39 is 0 Å². The quantitative estimate of drug-likeness (QED) is 0.584. The lowest BCUT2D eigenvalue weighted by Crippen LogP contribution is -2.41. The van der Waals surface area contributed by atoms with Gasteiger partial charge in [-0.15, -0.1) is 0 Å². The van der Waals surface area contributed by atoms with E-state index in [9.17, 15) is 4.79 Å². The smallest absolute Gasteiger partial charge is 0.219 e. The molecular weight excluding hydrogens is 364 g/mol. The Morgan fingerprint density at radius 3 is 2.66 bits per heavy atom. The molecule has 7 heteroatoms. The van der Waals surface area contributed by atoms with Gasteiger partial charge in [-0.2, -0.15) is 5.10 Å². The van der Waals surface area contributed by atoms with Crippen LogP contribution in [0, 0.1) is 5.92 Å². The zero-order valence-electron chi connectivity index (χ0n) is 17.1. The summed E-state index contributed by atoms with van der Waals surface area (Å²) in [7, 11) is 1.90. The molecule has 0 saturated heterocycles. The second-order valence-corrected chi connectivity index (χ2v) is 7.92. The fourth-order valence-corrected chi connectivity index (χ4v) is 3.56. The van der Waals surface area contributed by atoms with E-state index in [0.29, 0.717) is 12.4 Å². The third kappa shape index (κ3) is 4.67. The van der Waals surface area contributed by atoms with Crippen molar-refractivity contribution in [1.82, 2.24) is 20.0 Å². The van der Waals surface area contributed by atoms with Crippen molar-refractivity contribution in [3.8, 4) is 11.1 Å². The molecule has 2 aliphatic rings. The first-order chi connectivity index (χ1) is 14.0. The second kappa shape index (κ2) is 8.11. The van der Waals surface area contributed by atoms with Crippen molar-refractivity contribution in [2.45, 2.75) is 26.2 Å². The van der Waals surface area contributed by atoms with Gasteiger partial charge in [-0.1, -0.05) is 12.1 Å². The molecule has 0 spiro atoms. The van der Waals surface area contributed by atoms with Gasteiger partial charge in [0.1, 0.15) is 5.84 Å². The molecule has 3 N–H and O–H groups in total. The van der Waals surface area contributed by atoms with Gasteiger partial charge in [0.25, 0.3) is 0 Å². The van der Waals surface area contributed by atoms with Gasteiger partial charge in [-0.25, -0.2) is 4.99 Å². The van der Waals surface area contributed by atoms with Crippen LogP contribution in [0.1, 0.15) is 26.2 Å². The zero-order valence-corrected chi connectivity index (χ0v) is 17.1. The van der Waals surface area contributed by atoms with Crippen molar-refractivity contribution in [2.24, 2.45) is 23.7 Å². The molecule has 1 aromatic carbocycles. The zero-order chi connectivity index (χ0) is 20.4. The molecule has 1 aliphatic heterocycles. The Hall–Kier alpha value is -3.09. The Morgan fingerprint density at radius 1 is 1.28 bits per heavy atom. The number of nitrogens with one attached hydrogen (secondary N) is 1. The van der Waals surface area contributed by atoms with E-state index in [-0.39, 0.29) is 5.91 Å². The highest BCUT2D eigenvalue weighted by molar-refractivity contribution is 6.00. The van der Waals surface area contributed by atoms with E-state index in [4.69, 9.17) is 5.73 Å². The number of hydrogen-bond donors (Lipinski definition) is 2. The summed E-state index contributed by atoms with van der Waals surface area (Å²) in [6.45, 7) is 3.81. The van der Waals surface area contributed by atoms with Crippen LogP contribution in [0.15, 0.2) is 52.9 Å². The Kier molecular flexibility index (Phi) is 5.38. The monoisotopic (exact) mass is 392 g/mol. The first-order valence-corrected chi connectivity index (χ1v) is 10.1. The number of aliphatic imine (C=N–C) groups is 1. The Morgan fingerprint density at radius 2 is 2.03 bits per heavy atom. The molecule has 1 aromatic heterocycles. The molecule has 0 bridgehead atoms. The molecule has 0 unspecified atom stereocenters. The topological polar surface area (TPSA) is 88.5 Å². The number of nitrogens with two attached hydrogens (primary N) is 1. The number of carbonyl (C=O) groups excluding carboxylic acids is 1. The minimum Gasteiger partial charge on any atom is -0.388 e. The van der Waals surface area contributed by atoms with E-state index >= 15 is 0 Å². The van der Waals surface area contributed by atoms with Gasteiger partial charge in [0, 0.05) is 56.5 Å². The van der Waals surface area contributed by atoms with Gasteiger partial charge in [0.05, 0.1) is 18.4 Å². The summed E-state index contributed by atoms with van der Waals surface area (Å²) >= 11 is 0. The van der Waals surface area contributed by atoms with Crippen LogP contribution in [0.3, 0.4) is 0 Å². The molecule has 7 nitrogen and oxygen atoms in total. The van der Waals surface area contributed by atoms with Crippen LogP contribution in [0.2, 0.25) is 0 Å². The maximum Gasteiger partial charge on any atom is 0.219 e. The number of hydrogen-bond acceptors (Lipinski definition) is 4. The molecule has 1 aliphatic carbocycles. The largest absolute Gasteiger partial charge is 0.388 e. The predicted molar refractivity (Wildman–Crippen MR) is 115 cm³/mol. The number of amides is 1. The SMILES string of the molecule is CC(=O)N1CCC(NCC2CC2)=C(C(N)=Nc2ccc(-c3cnn(C)c3)cc2)C1. The lowest BCUT2D eigenvalue weighted by atomic mass is 10.0. The lowest BCUT2D eigenvalue weighted by molar-refractivity contribution is -0.128. The molecule has 1 fully saturated rings. The summed E-state index contributed by atoms with van der Waals surface area (Å²) in [5, 5.41) is 7.78. The molecule has 152 valence electrons. The van der Waals surface area contributed by atoms with Gasteiger partial charge in [-0.3, -0.25) is 9.48 Å². The maximum atomic E-state index is 11.9. The van der Waals surface area contributed by atoms with Crippen LogP contribution in [-0.2, 0) is 11.8 Å². The molecule has 2 heterocycles. The highest BCUT2D eigenvalue weighted by Gasteiger charge is 2.26. The molecule has 1 saturated carbocycles. The van der Waals surface area contributed by atoms with Crippen LogP contribution < -0.4 is 11.1 Å². The molecule has 0 atom stereocenters. The summed E-state index contributed by atoms with van der Waals surface area (Å²) in [5.74, 6) is 1.31. The van der Waals surface area contributed by atoms with Crippen LogP contribution in [0.25, 0.3) is 11.1 Å². The lowest BCUT2D eigenvalue weighted by Gasteiger charge is -2.30. The third-order valence-corrected chi connectivity index (χ3v) is 5.56. The average Bonchev–Trinajstić information content (AvgIpc) is 3.45. The fraction of sp³-hybridized carbons (Fsp3) is 0.409. The number of carbonyl (C=O) groups is 1. The first-order valence-electron chi connectivity index (χ1n) is 10.1. The molecule has 1 amide bonds. The summed E-state index contributed by atoms with van der Waals surface area (Å²) in [6.07, 6.45) is 7.20. The number of rotatable bonds is 6. The van der Waals surface area contributed by atoms with Gasteiger partial charge in [0.15, 0.2) is 0 Å². The summed E-state index contributed by atoms with van der Waals surface area (Å²) in [4.78, 5) is 18.3. The Labute approximate surface area is 171 Å². The molecule has 0 radical (unpaired) electrons. The van der Waals surface area contributed by atoms with Gasteiger partial charge in [0.2, 0.25) is 5.91 Å². The normalized spacial score (nSPS) is 17.6. The van der Waals surface area contributed by atoms with Gasteiger partial charge in [-0.05, 0) is 36.5 Å². The Bertz CT molecular complexity index is 952. The van der Waals surface area contributed by atoms with Gasteiger partial charge >= 0.3 is 0 Å². The van der Waals surface area contributed by atoms with Crippen LogP contribution in [-0.4, -0.2) is 46.1 Å². The van der Waals surface area contributed by atoms with Crippen LogP contribution >= 0.6 is 0 Å². The number of benzene rings is 1. The van der Waals surface area contributed by atoms with Crippen molar-refractivity contribution in [3.63, 3.8) is 0 Å². The molecule has 29 heavy (non-hydrogen) atoms. The summed E-state index contributed by atoms with van der Waals surface area (Å²) < 4.78 is 1.78. The predicted octanol–water partition coefficient (Wildman–Crippen LogP) is 2.58. The van der Waals surface area contributed by atoms with E-state index in [0.717, 1.165) is 53.5 Å². The number of amidine groups is 1. The van der Waals surface area contributed by atoms with Crippen molar-refractivity contribution in [3.05, 3.63) is 47.9 Å². The van der Waals surface area contributed by atoms with Gasteiger partial charge < -0.3 is 16.0 Å². The number of aromatic nitrogens is 2. The molecular formula is C22H28N6O. The Balaban J connectivity index is 1.55. The fourth-order valence-electron chi connectivity index (χ4n) is 3.56. The number of nitrogens with zero attached hydrogens (tertiary/aromatic N) is 4. The first kappa shape index (κ1) is 19.2. The minimum absolute atomic E-state index is 0.0670. The van der Waals surface area contributed by atoms with E-state index in [2.05, 4.69) is 15.4 Å². The molecule has 2 aromatic rings. The van der Waals surface area contributed by atoms with E-state index in [1.807, 2.05) is 48.6 Å². The second-order valence-electron chi connectivity index (χ2n) is 7.92. The number of aryl methyl sites for hydroxylation is 1. The summed E-state index contributed by atoms with van der Waals surface area (Å²) in [6, 6.07) is 7.95. The highest BCUT2D eigenvalue weighted by Crippen LogP contribution is 2.29. The van der Waals surface area contributed by atoms with Crippen molar-refractivity contribution < 1.29 is 4.79 Å². The van der Waals surface area contributed by atoms with E-state index in [1.165, 1.54) is 12.8 Å². The van der Waals surface area contributed by atoms with Crippen molar-refractivity contribution in [2.75, 3.05) is 19.6 Å². The highest BCUT2D eigenvalue weighted by atomic mass is 16.2. The maximum absolute atomic E-state index is 11.9. The van der Waals surface area contributed by atoms with Crippen LogP contribution in [0.4, 0.5) is 5.69 Å². The van der Waals surface area contributed by atoms with Crippen molar-refractivity contribution >= 4 is 17.4 Å². The van der Waals surface area contributed by atoms with Crippen LogP contribution in [0.5, 0.6) is 0 Å².